The van der Waals surface area contributed by atoms with E-state index in [-0.39, 0.29) is 16.3 Å². The molecule has 0 radical (unpaired) electrons. The second kappa shape index (κ2) is 9.68. The molecule has 196 valence electrons. The number of anilines is 2. The second-order valence-corrected chi connectivity index (χ2v) is 9.71. The maximum absolute atomic E-state index is 13.6. The molecule has 2 amide bonds. The van der Waals surface area contributed by atoms with Gasteiger partial charge in [0.2, 0.25) is 11.8 Å². The van der Waals surface area contributed by atoms with Gasteiger partial charge in [-0.3, -0.25) is 9.59 Å². The van der Waals surface area contributed by atoms with Crippen molar-refractivity contribution in [2.75, 3.05) is 10.6 Å². The highest BCUT2D eigenvalue weighted by Crippen LogP contribution is 2.54. The quantitative estimate of drug-likeness (QED) is 0.291. The van der Waals surface area contributed by atoms with E-state index < -0.39 is 69.2 Å². The first-order valence-corrected chi connectivity index (χ1v) is 11.2. The molecule has 1 aliphatic rings. The largest absolute Gasteiger partial charge is 0.460 e. The average Bonchev–Trinajstić information content (AvgIpc) is 2.72. The predicted octanol–water partition coefficient (Wildman–Crippen LogP) is 7.03. The van der Waals surface area contributed by atoms with Crippen molar-refractivity contribution < 1.29 is 53.5 Å². The lowest BCUT2D eigenvalue weighted by Crippen LogP contribution is -2.49. The van der Waals surface area contributed by atoms with E-state index in [1.165, 1.54) is 0 Å². The molecule has 36 heavy (non-hydrogen) atoms. The van der Waals surface area contributed by atoms with Crippen LogP contribution in [-0.2, 0) is 15.8 Å². The van der Waals surface area contributed by atoms with E-state index in [1.54, 1.807) is 0 Å². The van der Waals surface area contributed by atoms with Gasteiger partial charge in [-0.25, -0.2) is 0 Å². The number of nitrogens with one attached hydrogen (secondary N) is 2. The highest BCUT2D eigenvalue weighted by molar-refractivity contribution is 8.01. The van der Waals surface area contributed by atoms with E-state index in [0.29, 0.717) is 0 Å². The first-order valence-electron chi connectivity index (χ1n) is 9.51. The van der Waals surface area contributed by atoms with Crippen molar-refractivity contribution in [3.05, 3.63) is 48.0 Å². The monoisotopic (exact) mass is 566 g/mol. The number of carbonyl (C=O) groups is 2. The summed E-state index contributed by atoms with van der Waals surface area (Å²) in [5.74, 6) is -7.96. The third kappa shape index (κ3) is 6.02. The van der Waals surface area contributed by atoms with Crippen molar-refractivity contribution in [2.24, 2.45) is 0 Å². The normalized spacial score (nSPS) is 16.8. The Morgan fingerprint density at radius 2 is 1.64 bits per heavy atom. The third-order valence-corrected chi connectivity index (χ3v) is 6.86. The van der Waals surface area contributed by atoms with Crippen LogP contribution in [0, 0.1) is 0 Å². The van der Waals surface area contributed by atoms with E-state index in [1.807, 2.05) is 0 Å². The van der Waals surface area contributed by atoms with Gasteiger partial charge < -0.3 is 10.6 Å². The van der Waals surface area contributed by atoms with E-state index in [9.17, 15) is 53.5 Å². The molecule has 0 saturated heterocycles. The van der Waals surface area contributed by atoms with E-state index in [2.05, 4.69) is 10.6 Å². The van der Waals surface area contributed by atoms with Crippen molar-refractivity contribution in [1.82, 2.24) is 0 Å². The topological polar surface area (TPSA) is 58.2 Å². The number of amides is 2. The average molecular weight is 566 g/mol. The smallest absolute Gasteiger partial charge is 0.326 e. The molecule has 16 heteroatoms. The summed E-state index contributed by atoms with van der Waals surface area (Å²) in [5, 5.41) is -2.16. The van der Waals surface area contributed by atoms with Crippen LogP contribution in [-0.4, -0.2) is 34.4 Å². The predicted molar refractivity (Wildman–Crippen MR) is 111 cm³/mol. The summed E-state index contributed by atoms with van der Waals surface area (Å²) in [6, 6.07) is 6.38. The van der Waals surface area contributed by atoms with Gasteiger partial charge in [0.1, 0.15) is 0 Å². The molecule has 4 nitrogen and oxygen atoms in total. The summed E-state index contributed by atoms with van der Waals surface area (Å²) in [6.07, 6.45) is -11.7. The van der Waals surface area contributed by atoms with Crippen molar-refractivity contribution in [3.8, 4) is 0 Å². The van der Waals surface area contributed by atoms with Gasteiger partial charge in [0.15, 0.2) is 0 Å². The molecule has 0 bridgehead atoms. The molecular weight excluding hydrogens is 554 g/mol. The lowest BCUT2D eigenvalue weighted by molar-refractivity contribution is -0.330. The fourth-order valence-electron chi connectivity index (χ4n) is 2.86. The zero-order valence-corrected chi connectivity index (χ0v) is 18.9. The Bertz CT molecular complexity index is 1170. The maximum atomic E-state index is 13.6. The van der Waals surface area contributed by atoms with E-state index in [4.69, 9.17) is 0 Å². The van der Waals surface area contributed by atoms with Crippen molar-refractivity contribution >= 4 is 46.7 Å². The zero-order chi connectivity index (χ0) is 27.1. The molecule has 2 aromatic rings. The van der Waals surface area contributed by atoms with Crippen LogP contribution in [0.4, 0.5) is 55.3 Å². The Labute approximate surface area is 204 Å². The third-order valence-electron chi connectivity index (χ3n) is 4.58. The number of benzene rings is 2. The summed E-state index contributed by atoms with van der Waals surface area (Å²) >= 11 is -0.245. The van der Waals surface area contributed by atoms with Crippen LogP contribution < -0.4 is 10.6 Å². The molecule has 1 heterocycles. The molecule has 1 atom stereocenters. The Morgan fingerprint density at radius 1 is 0.972 bits per heavy atom. The standard InChI is InChI=1S/C20H12F10N2O2S2/c21-17(22,23)9-4-5-13-12(6-9)32-16(34)14(35-13)8-15(33)31-10-2-1-3-11(7-10)36-20(29,30)18(24,25)19(26,27)28/h1-7,14H,8H2,(H,31,33)(H,32,34)/t14-/m0/s1. The summed E-state index contributed by atoms with van der Waals surface area (Å²) in [5.41, 5.74) is -1.32. The number of alkyl halides is 10. The SMILES string of the molecule is O=C(C[C@@H]1Sc2ccc(C(F)(F)F)cc2NC1=O)Nc1cccc(SC(F)(F)C(F)(F)C(F)(F)F)c1. The molecule has 0 aromatic heterocycles. The van der Waals surface area contributed by atoms with Gasteiger partial charge >= 0.3 is 23.5 Å². The first-order chi connectivity index (χ1) is 16.4. The van der Waals surface area contributed by atoms with Gasteiger partial charge in [-0.2, -0.15) is 43.9 Å². The molecule has 0 unspecified atom stereocenters. The molecule has 1 aliphatic heterocycles. The van der Waals surface area contributed by atoms with Crippen LogP contribution in [0.1, 0.15) is 12.0 Å². The molecule has 2 aromatic carbocycles. The minimum Gasteiger partial charge on any atom is -0.326 e. The summed E-state index contributed by atoms with van der Waals surface area (Å²) in [7, 11) is 0. The number of halogens is 10. The van der Waals surface area contributed by atoms with Crippen LogP contribution >= 0.6 is 23.5 Å². The highest BCUT2D eigenvalue weighted by Gasteiger charge is 2.73. The van der Waals surface area contributed by atoms with Crippen LogP contribution in [0.2, 0.25) is 0 Å². The van der Waals surface area contributed by atoms with Crippen LogP contribution in [0.5, 0.6) is 0 Å². The van der Waals surface area contributed by atoms with Gasteiger partial charge in [0, 0.05) is 21.9 Å². The molecular formula is C20H12F10N2O2S2. The van der Waals surface area contributed by atoms with Crippen LogP contribution in [0.25, 0.3) is 0 Å². The Balaban J connectivity index is 1.67. The Hall–Kier alpha value is -2.62. The fraction of sp³-hybridized carbons (Fsp3) is 0.300. The van der Waals surface area contributed by atoms with Gasteiger partial charge in [0.05, 0.1) is 16.5 Å². The molecule has 0 saturated carbocycles. The molecule has 3 rings (SSSR count). The van der Waals surface area contributed by atoms with Crippen LogP contribution in [0.3, 0.4) is 0 Å². The Morgan fingerprint density at radius 3 is 2.25 bits per heavy atom. The van der Waals surface area contributed by atoms with Gasteiger partial charge in [-0.05, 0) is 48.2 Å². The number of hydrogen-bond donors (Lipinski definition) is 2. The minimum atomic E-state index is -6.50. The van der Waals surface area contributed by atoms with E-state index >= 15 is 0 Å². The summed E-state index contributed by atoms with van der Waals surface area (Å²) < 4.78 is 129. The zero-order valence-electron chi connectivity index (χ0n) is 17.2. The lowest BCUT2D eigenvalue weighted by Gasteiger charge is -2.27. The van der Waals surface area contributed by atoms with E-state index in [0.717, 1.165) is 54.2 Å². The maximum Gasteiger partial charge on any atom is 0.460 e. The van der Waals surface area contributed by atoms with Crippen molar-refractivity contribution in [1.29, 1.82) is 0 Å². The highest BCUT2D eigenvalue weighted by atomic mass is 32.2. The molecule has 0 fully saturated rings. The minimum absolute atomic E-state index is 0.0993. The first kappa shape index (κ1) is 28.0. The van der Waals surface area contributed by atoms with Gasteiger partial charge in [0.25, 0.3) is 0 Å². The van der Waals surface area contributed by atoms with Crippen molar-refractivity contribution in [3.63, 3.8) is 0 Å². The van der Waals surface area contributed by atoms with Crippen molar-refractivity contribution in [2.45, 2.75) is 45.0 Å². The number of fused-ring (bicyclic) bond motifs is 1. The summed E-state index contributed by atoms with van der Waals surface area (Å²) in [4.78, 5) is 24.1. The summed E-state index contributed by atoms with van der Waals surface area (Å²) in [6.45, 7) is 0. The fourth-order valence-corrected chi connectivity index (χ4v) is 4.82. The second-order valence-electron chi connectivity index (χ2n) is 7.28. The molecule has 0 spiro atoms. The lowest BCUT2D eigenvalue weighted by atomic mass is 10.1. The molecule has 2 N–H and O–H groups in total. The molecule has 0 aliphatic carbocycles. The number of rotatable bonds is 6. The van der Waals surface area contributed by atoms with Gasteiger partial charge in [-0.1, -0.05) is 6.07 Å². The Kier molecular flexibility index (Phi) is 7.52. The number of hydrogen-bond acceptors (Lipinski definition) is 4. The number of thioether (sulfide) groups is 2. The number of carbonyl (C=O) groups excluding carboxylic acids is 2. The van der Waals surface area contributed by atoms with Gasteiger partial charge in [-0.15, -0.1) is 11.8 Å². The van der Waals surface area contributed by atoms with Crippen LogP contribution in [0.15, 0.2) is 52.3 Å².